The highest BCUT2D eigenvalue weighted by atomic mass is 28.4. The maximum Gasteiger partial charge on any atom is 0.352 e. The van der Waals surface area contributed by atoms with Crippen LogP contribution in [0.4, 0.5) is 0 Å². The number of fused-ring (bicyclic) bond motifs is 1. The molecule has 0 aromatic heterocycles. The van der Waals surface area contributed by atoms with Gasteiger partial charge >= 0.3 is 8.56 Å². The molecular formula is C25H39NO7Si. The van der Waals surface area contributed by atoms with Crippen LogP contribution in [0.25, 0.3) is 0 Å². The van der Waals surface area contributed by atoms with Gasteiger partial charge in [0.1, 0.15) is 18.3 Å². The summed E-state index contributed by atoms with van der Waals surface area (Å²) in [7, 11) is 0.109. The minimum atomic E-state index is -2.99. The maximum absolute atomic E-state index is 12.1. The second kappa shape index (κ2) is 8.35. The van der Waals surface area contributed by atoms with Crippen molar-refractivity contribution in [3.63, 3.8) is 0 Å². The van der Waals surface area contributed by atoms with Gasteiger partial charge in [0.05, 0.1) is 4.92 Å². The third-order valence-electron chi connectivity index (χ3n) is 7.61. The molecule has 2 fully saturated rings. The maximum atomic E-state index is 12.1. The summed E-state index contributed by atoms with van der Waals surface area (Å²) in [5, 5.41) is 11.5. The van der Waals surface area contributed by atoms with Gasteiger partial charge in [-0.15, -0.1) is 0 Å². The van der Waals surface area contributed by atoms with Crippen LogP contribution in [0.5, 0.6) is 0 Å². The minimum absolute atomic E-state index is 0.0214. The first-order chi connectivity index (χ1) is 15.7. The fourth-order valence-corrected chi connectivity index (χ4v) is 11.2. The summed E-state index contributed by atoms with van der Waals surface area (Å²) in [5.74, 6) is -0.751. The molecule has 8 nitrogen and oxygen atoms in total. The normalized spacial score (nSPS) is 37.1. The highest BCUT2D eigenvalue weighted by Gasteiger charge is 2.76. The van der Waals surface area contributed by atoms with Crippen LogP contribution in [0, 0.1) is 10.1 Å². The van der Waals surface area contributed by atoms with E-state index in [2.05, 4.69) is 54.5 Å². The van der Waals surface area contributed by atoms with Crippen molar-refractivity contribution in [2.24, 2.45) is 0 Å². The van der Waals surface area contributed by atoms with Crippen LogP contribution in [-0.4, -0.2) is 57.9 Å². The van der Waals surface area contributed by atoms with Crippen molar-refractivity contribution in [2.75, 3.05) is 14.2 Å². The quantitative estimate of drug-likeness (QED) is 0.176. The number of methoxy groups -OCH3 is 2. The molecule has 0 aromatic rings. The fraction of sp³-hybridized carbons (Fsp3) is 0.760. The first-order valence-corrected chi connectivity index (χ1v) is 13.9. The fourth-order valence-electron chi connectivity index (χ4n) is 6.20. The zero-order valence-corrected chi connectivity index (χ0v) is 22.9. The summed E-state index contributed by atoms with van der Waals surface area (Å²) in [6, 6.07) is 0. The van der Waals surface area contributed by atoms with Gasteiger partial charge in [0.15, 0.2) is 11.9 Å². The molecule has 0 spiro atoms. The molecule has 2 unspecified atom stereocenters. The second-order valence-electron chi connectivity index (χ2n) is 12.0. The number of rotatable bonds is 3. The SMILES string of the molecule is COC1C=C([N+](=O)[O-])C(OC)C2=C1C/C(C)=C\CC[C@@]13O[C@H]1[C@H]2O[Si](C(C)(C)C)(C(C)(C)C)O3. The van der Waals surface area contributed by atoms with Crippen molar-refractivity contribution in [2.45, 2.75) is 108 Å². The molecular weight excluding hydrogens is 454 g/mol. The van der Waals surface area contributed by atoms with E-state index in [9.17, 15) is 10.1 Å². The first kappa shape index (κ1) is 25.7. The predicted molar refractivity (Wildman–Crippen MR) is 130 cm³/mol. The molecule has 5 atom stereocenters. The Balaban J connectivity index is 1.97. The molecule has 2 aliphatic heterocycles. The second-order valence-corrected chi connectivity index (χ2v) is 16.6. The van der Waals surface area contributed by atoms with Crippen molar-refractivity contribution in [1.82, 2.24) is 0 Å². The van der Waals surface area contributed by atoms with E-state index in [1.54, 1.807) is 13.2 Å². The average Bonchev–Trinajstić information content (AvgIpc) is 3.44. The first-order valence-electron chi connectivity index (χ1n) is 12.1. The van der Waals surface area contributed by atoms with E-state index in [1.807, 2.05) is 0 Å². The molecule has 34 heavy (non-hydrogen) atoms. The van der Waals surface area contributed by atoms with Crippen LogP contribution < -0.4 is 0 Å². The number of epoxide rings is 1. The van der Waals surface area contributed by atoms with Gasteiger partial charge in [-0.05, 0) is 25.3 Å². The Hall–Kier alpha value is -1.36. The van der Waals surface area contributed by atoms with Crippen LogP contribution >= 0.6 is 0 Å². The smallest absolute Gasteiger partial charge is 0.352 e. The van der Waals surface area contributed by atoms with Gasteiger partial charge in [-0.1, -0.05) is 53.2 Å². The standard InChI is InChI=1S/C25H39NO7Si/c1-15-11-10-12-25-22(31-25)21(32-34(33-25,23(2,3)4)24(5,6)7)19-16(13-15)18(29-8)14-17(26(27)28)20(19)30-9/h11,14,18,20-22H,10,12-13H2,1-9H3/b15-11-/t18?,20?,21-,22-,25-/m0/s1. The zero-order chi connectivity index (χ0) is 25.3. The summed E-state index contributed by atoms with van der Waals surface area (Å²) < 4.78 is 32.1. The molecule has 9 heteroatoms. The number of hydrogen-bond donors (Lipinski definition) is 0. The topological polar surface area (TPSA) is 92.6 Å². The van der Waals surface area contributed by atoms with Crippen LogP contribution in [0.2, 0.25) is 10.1 Å². The summed E-state index contributed by atoms with van der Waals surface area (Å²) in [5.41, 5.74) is 2.87. The number of nitro groups is 1. The third-order valence-corrected chi connectivity index (χ3v) is 12.8. The lowest BCUT2D eigenvalue weighted by Gasteiger charge is -2.54. The van der Waals surface area contributed by atoms with E-state index < -0.39 is 32.7 Å². The average molecular weight is 494 g/mol. The molecule has 2 heterocycles. The Morgan fingerprint density at radius 1 is 1.15 bits per heavy atom. The number of ether oxygens (including phenoxy) is 3. The van der Waals surface area contributed by atoms with E-state index in [-0.39, 0.29) is 26.8 Å². The molecule has 0 N–H and O–H groups in total. The van der Waals surface area contributed by atoms with Gasteiger partial charge in [0.2, 0.25) is 0 Å². The van der Waals surface area contributed by atoms with E-state index in [4.69, 9.17) is 23.1 Å². The summed E-state index contributed by atoms with van der Waals surface area (Å²) in [6.45, 7) is 15.1. The Labute approximate surface area is 203 Å². The summed E-state index contributed by atoms with van der Waals surface area (Å²) in [6.07, 6.45) is 3.75. The lowest BCUT2D eigenvalue weighted by Crippen LogP contribution is -2.66. The largest absolute Gasteiger partial charge is 0.383 e. The predicted octanol–water partition coefficient (Wildman–Crippen LogP) is 5.17. The Morgan fingerprint density at radius 2 is 1.79 bits per heavy atom. The Morgan fingerprint density at radius 3 is 2.32 bits per heavy atom. The molecule has 2 bridgehead atoms. The van der Waals surface area contributed by atoms with Crippen molar-refractivity contribution in [3.05, 3.63) is 44.7 Å². The monoisotopic (exact) mass is 493 g/mol. The van der Waals surface area contributed by atoms with Crippen LogP contribution in [0.3, 0.4) is 0 Å². The molecule has 0 aromatic carbocycles. The minimum Gasteiger partial charge on any atom is -0.383 e. The third kappa shape index (κ3) is 3.85. The number of hydrogen-bond acceptors (Lipinski definition) is 7. The number of nitrogens with zero attached hydrogens (tertiary/aromatic N) is 1. The molecule has 0 radical (unpaired) electrons. The van der Waals surface area contributed by atoms with Crippen LogP contribution in [0.15, 0.2) is 34.6 Å². The van der Waals surface area contributed by atoms with Gasteiger partial charge in [-0.3, -0.25) is 10.1 Å². The van der Waals surface area contributed by atoms with E-state index in [0.29, 0.717) is 6.42 Å². The van der Waals surface area contributed by atoms with Gasteiger partial charge in [0, 0.05) is 42.4 Å². The van der Waals surface area contributed by atoms with Crippen molar-refractivity contribution < 1.29 is 28.0 Å². The van der Waals surface area contributed by atoms with Gasteiger partial charge < -0.3 is 23.1 Å². The van der Waals surface area contributed by atoms with E-state index in [0.717, 1.165) is 24.0 Å². The molecule has 2 aliphatic carbocycles. The number of allylic oxidation sites excluding steroid dienone is 2. The van der Waals surface area contributed by atoms with Crippen molar-refractivity contribution >= 4 is 8.56 Å². The molecule has 4 rings (SSSR count). The zero-order valence-electron chi connectivity index (χ0n) is 21.9. The molecule has 0 amide bonds. The lowest BCUT2D eigenvalue weighted by molar-refractivity contribution is -0.436. The van der Waals surface area contributed by atoms with E-state index >= 15 is 0 Å². The van der Waals surface area contributed by atoms with Crippen molar-refractivity contribution in [3.8, 4) is 0 Å². The Kier molecular flexibility index (Phi) is 6.32. The molecule has 190 valence electrons. The summed E-state index contributed by atoms with van der Waals surface area (Å²) in [4.78, 5) is 11.7. The van der Waals surface area contributed by atoms with Gasteiger partial charge in [-0.2, -0.15) is 0 Å². The van der Waals surface area contributed by atoms with Gasteiger partial charge in [-0.25, -0.2) is 0 Å². The van der Waals surface area contributed by atoms with Crippen molar-refractivity contribution in [1.29, 1.82) is 0 Å². The molecule has 4 aliphatic rings. The molecule has 2 saturated heterocycles. The highest BCUT2D eigenvalue weighted by molar-refractivity contribution is 6.73. The lowest BCUT2D eigenvalue weighted by atomic mass is 9.81. The van der Waals surface area contributed by atoms with Crippen LogP contribution in [0.1, 0.15) is 67.7 Å². The van der Waals surface area contributed by atoms with E-state index in [1.165, 1.54) is 12.7 Å². The Bertz CT molecular complexity index is 943. The highest BCUT2D eigenvalue weighted by Crippen LogP contribution is 2.64. The van der Waals surface area contributed by atoms with Crippen LogP contribution in [-0.2, 0) is 23.1 Å². The summed E-state index contributed by atoms with van der Waals surface area (Å²) >= 11 is 0. The molecule has 0 saturated carbocycles. The van der Waals surface area contributed by atoms with Gasteiger partial charge in [0.25, 0.3) is 5.70 Å².